The Morgan fingerprint density at radius 1 is 1.02 bits per heavy atom. The number of aliphatic hydroxyl groups excluding tert-OH is 1. The summed E-state index contributed by atoms with van der Waals surface area (Å²) >= 11 is 0. The Kier molecular flexibility index (Phi) is 6.23. The maximum atomic E-state index is 13.4. The number of fused-ring (bicyclic) bond motifs is 3. The van der Waals surface area contributed by atoms with Crippen LogP contribution in [-0.2, 0) is 24.2 Å². The molecule has 2 aliphatic rings. The number of aryl methyl sites for hydroxylation is 1. The molecule has 0 unspecified atom stereocenters. The lowest BCUT2D eigenvalue weighted by Gasteiger charge is -2.19. The van der Waals surface area contributed by atoms with Gasteiger partial charge in [0.2, 0.25) is 5.91 Å². The van der Waals surface area contributed by atoms with Crippen LogP contribution in [-0.4, -0.2) is 54.6 Å². The van der Waals surface area contributed by atoms with Crippen LogP contribution in [0, 0.1) is 0 Å². The van der Waals surface area contributed by atoms with E-state index in [9.17, 15) is 29.4 Å². The molecule has 12 nitrogen and oxygen atoms in total. The highest BCUT2D eigenvalue weighted by Crippen LogP contribution is 2.32. The van der Waals surface area contributed by atoms with Crippen molar-refractivity contribution in [1.29, 1.82) is 0 Å². The Morgan fingerprint density at radius 3 is 2.70 bits per heavy atom. The van der Waals surface area contributed by atoms with Crippen molar-refractivity contribution < 1.29 is 29.4 Å². The van der Waals surface area contributed by atoms with E-state index in [1.807, 2.05) is 18.2 Å². The van der Waals surface area contributed by atoms with Crippen molar-refractivity contribution >= 4 is 35.0 Å². The molecule has 1 aliphatic heterocycles. The van der Waals surface area contributed by atoms with E-state index in [0.29, 0.717) is 24.0 Å². The number of amides is 3. The lowest BCUT2D eigenvalue weighted by molar-refractivity contribution is -0.116. The van der Waals surface area contributed by atoms with Gasteiger partial charge < -0.3 is 26.2 Å². The molecule has 0 saturated heterocycles. The fraction of sp³-hybridized carbons (Fsp3) is 0.214. The molecule has 12 heteroatoms. The van der Waals surface area contributed by atoms with Gasteiger partial charge >= 0.3 is 5.97 Å². The summed E-state index contributed by atoms with van der Waals surface area (Å²) < 4.78 is 1.30. The van der Waals surface area contributed by atoms with Crippen molar-refractivity contribution in [1.82, 2.24) is 25.2 Å². The number of aromatic nitrogens is 3. The third-order valence-electron chi connectivity index (χ3n) is 7.17. The Balaban J connectivity index is 1.21. The predicted molar refractivity (Wildman–Crippen MR) is 141 cm³/mol. The average Bonchev–Trinajstić information content (AvgIpc) is 3.54. The number of carboxylic acid groups (broad SMARTS) is 1. The normalized spacial score (nSPS) is 17.6. The number of aromatic carboxylic acids is 1. The lowest BCUT2D eigenvalue weighted by Crippen LogP contribution is -2.35. The quantitative estimate of drug-likeness (QED) is 0.245. The van der Waals surface area contributed by atoms with Crippen LogP contribution in [0.1, 0.15) is 66.1 Å². The van der Waals surface area contributed by atoms with E-state index in [1.54, 1.807) is 12.1 Å². The van der Waals surface area contributed by atoms with E-state index < -0.39 is 29.9 Å². The van der Waals surface area contributed by atoms with E-state index in [2.05, 4.69) is 26.0 Å². The summed E-state index contributed by atoms with van der Waals surface area (Å²) in [7, 11) is 0. The Labute approximate surface area is 227 Å². The second-order valence-electron chi connectivity index (χ2n) is 9.79. The second kappa shape index (κ2) is 9.89. The summed E-state index contributed by atoms with van der Waals surface area (Å²) in [5.41, 5.74) is 4.24. The first kappa shape index (κ1) is 25.2. The van der Waals surface area contributed by atoms with Crippen molar-refractivity contribution in [2.75, 3.05) is 5.32 Å². The first-order valence-electron chi connectivity index (χ1n) is 12.7. The fourth-order valence-corrected chi connectivity index (χ4v) is 5.15. The van der Waals surface area contributed by atoms with Gasteiger partial charge in [0.1, 0.15) is 11.4 Å². The molecule has 3 heterocycles. The molecule has 2 aromatic carbocycles. The first-order valence-corrected chi connectivity index (χ1v) is 12.7. The Morgan fingerprint density at radius 2 is 1.88 bits per heavy atom. The van der Waals surface area contributed by atoms with Crippen LogP contribution in [0.5, 0.6) is 0 Å². The SMILES string of the molecule is O=C1CCc2ccc(CNC(=O)c3cc(C(=O)N[C@@H]4c5ccc(C(=O)O)cc5C[C@@H]4O)n4nccc4n3)cc2N1. The van der Waals surface area contributed by atoms with Gasteiger partial charge in [0.15, 0.2) is 5.65 Å². The van der Waals surface area contributed by atoms with Gasteiger partial charge in [-0.2, -0.15) is 5.10 Å². The Bertz CT molecular complexity index is 1710. The highest BCUT2D eigenvalue weighted by Gasteiger charge is 2.33. The van der Waals surface area contributed by atoms with E-state index in [1.165, 1.54) is 28.9 Å². The van der Waals surface area contributed by atoms with Gasteiger partial charge in [-0.1, -0.05) is 18.2 Å². The molecule has 0 fully saturated rings. The van der Waals surface area contributed by atoms with Gasteiger partial charge in [0, 0.05) is 37.2 Å². The largest absolute Gasteiger partial charge is 0.478 e. The summed E-state index contributed by atoms with van der Waals surface area (Å²) in [6, 6.07) is 12.2. The smallest absolute Gasteiger partial charge is 0.335 e. The molecule has 4 aromatic rings. The number of benzene rings is 2. The lowest BCUT2D eigenvalue weighted by atomic mass is 10.0. The minimum Gasteiger partial charge on any atom is -0.478 e. The van der Waals surface area contributed by atoms with Crippen molar-refractivity contribution in [3.8, 4) is 0 Å². The second-order valence-corrected chi connectivity index (χ2v) is 9.79. The number of aliphatic hydroxyl groups is 1. The third-order valence-corrected chi connectivity index (χ3v) is 7.17. The zero-order valence-electron chi connectivity index (χ0n) is 21.0. The maximum Gasteiger partial charge on any atom is 0.335 e. The van der Waals surface area contributed by atoms with Crippen molar-refractivity contribution in [2.24, 2.45) is 0 Å². The molecular weight excluding hydrogens is 516 g/mol. The highest BCUT2D eigenvalue weighted by atomic mass is 16.4. The molecule has 0 spiro atoms. The van der Waals surface area contributed by atoms with Crippen molar-refractivity contribution in [3.63, 3.8) is 0 Å². The zero-order valence-corrected chi connectivity index (χ0v) is 21.0. The summed E-state index contributed by atoms with van der Waals surface area (Å²) in [6.07, 6.45) is 1.80. The summed E-state index contributed by atoms with van der Waals surface area (Å²) in [5, 5.41) is 32.5. The number of nitrogens with zero attached hydrogens (tertiary/aromatic N) is 3. The summed E-state index contributed by atoms with van der Waals surface area (Å²) in [6.45, 7) is 0.180. The molecule has 40 heavy (non-hydrogen) atoms. The minimum atomic E-state index is -1.08. The van der Waals surface area contributed by atoms with E-state index in [0.717, 1.165) is 16.8 Å². The van der Waals surface area contributed by atoms with Crippen LogP contribution in [0.25, 0.3) is 5.65 Å². The van der Waals surface area contributed by atoms with Crippen LogP contribution in [0.15, 0.2) is 54.7 Å². The van der Waals surface area contributed by atoms with Gasteiger partial charge in [-0.05, 0) is 46.9 Å². The van der Waals surface area contributed by atoms with Gasteiger partial charge in [-0.15, -0.1) is 0 Å². The molecule has 1 aliphatic carbocycles. The van der Waals surface area contributed by atoms with Crippen LogP contribution >= 0.6 is 0 Å². The maximum absolute atomic E-state index is 13.4. The fourth-order valence-electron chi connectivity index (χ4n) is 5.15. The topological polar surface area (TPSA) is 175 Å². The molecule has 5 N–H and O–H groups in total. The number of carbonyl (C=O) groups is 4. The van der Waals surface area contributed by atoms with Gasteiger partial charge in [0.25, 0.3) is 11.8 Å². The molecule has 3 amide bonds. The minimum absolute atomic E-state index is 0.00267. The van der Waals surface area contributed by atoms with Gasteiger partial charge in [-0.3, -0.25) is 14.4 Å². The van der Waals surface area contributed by atoms with Crippen LogP contribution in [0.2, 0.25) is 0 Å². The van der Waals surface area contributed by atoms with Crippen LogP contribution < -0.4 is 16.0 Å². The molecule has 0 bridgehead atoms. The number of carboxylic acids is 1. The first-order chi connectivity index (χ1) is 19.3. The predicted octanol–water partition coefficient (Wildman–Crippen LogP) is 1.63. The standard InChI is InChI=1S/C28H24N6O6/c35-22-11-17-10-16(28(39)40)3-5-18(17)25(22)33-27(38)21-12-20(31-23-7-8-30-34(21)23)26(37)29-13-14-1-2-15-4-6-24(36)32-19(15)9-14/h1-3,5,7-10,12,22,25,35H,4,6,11,13H2,(H,29,37)(H,32,36)(H,33,38)(H,39,40)/t22-,25+/m0/s1. The number of hydrogen-bond acceptors (Lipinski definition) is 7. The van der Waals surface area contributed by atoms with Gasteiger partial charge in [-0.25, -0.2) is 14.3 Å². The van der Waals surface area contributed by atoms with E-state index in [4.69, 9.17) is 0 Å². The molecule has 2 atom stereocenters. The monoisotopic (exact) mass is 540 g/mol. The summed E-state index contributed by atoms with van der Waals surface area (Å²) in [4.78, 5) is 53.8. The van der Waals surface area contributed by atoms with Crippen LogP contribution in [0.3, 0.4) is 0 Å². The van der Waals surface area contributed by atoms with Crippen molar-refractivity contribution in [3.05, 3.63) is 93.9 Å². The number of hydrogen-bond donors (Lipinski definition) is 5. The molecule has 0 saturated carbocycles. The van der Waals surface area contributed by atoms with E-state index in [-0.39, 0.29) is 41.5 Å². The van der Waals surface area contributed by atoms with Crippen molar-refractivity contribution in [2.45, 2.75) is 38.0 Å². The molecule has 6 rings (SSSR count). The highest BCUT2D eigenvalue weighted by molar-refractivity contribution is 5.98. The molecular formula is C28H24N6O6. The Hall–Kier alpha value is -5.10. The van der Waals surface area contributed by atoms with E-state index >= 15 is 0 Å². The average molecular weight is 541 g/mol. The zero-order chi connectivity index (χ0) is 28.0. The number of nitrogens with one attached hydrogen (secondary N) is 3. The van der Waals surface area contributed by atoms with Gasteiger partial charge in [0.05, 0.1) is 23.9 Å². The number of rotatable bonds is 6. The summed E-state index contributed by atoms with van der Waals surface area (Å²) in [5.74, 6) is -2.22. The van der Waals surface area contributed by atoms with Crippen LogP contribution in [0.4, 0.5) is 5.69 Å². The molecule has 2 aromatic heterocycles. The number of carbonyl (C=O) groups excluding carboxylic acids is 3. The third kappa shape index (κ3) is 4.64. The number of anilines is 1. The molecule has 0 radical (unpaired) electrons. The molecule has 202 valence electrons.